The fourth-order valence-corrected chi connectivity index (χ4v) is 1.43. The molecule has 0 aliphatic carbocycles. The van der Waals surface area contributed by atoms with Crippen LogP contribution in [0.1, 0.15) is 5.69 Å². The second-order valence-electron chi connectivity index (χ2n) is 3.71. The number of carbonyl (C=O) groups is 1. The molecular weight excluding hydrogens is 238 g/mol. The molecule has 0 saturated heterocycles. The predicted octanol–water partition coefficient (Wildman–Crippen LogP) is -1.80. The van der Waals surface area contributed by atoms with Gasteiger partial charge in [0.05, 0.1) is 25.1 Å². The van der Waals surface area contributed by atoms with Crippen LogP contribution in [0.3, 0.4) is 0 Å². The second kappa shape index (κ2) is 7.75. The Balaban J connectivity index is 2.54. The van der Waals surface area contributed by atoms with E-state index in [0.717, 1.165) is 0 Å². The van der Waals surface area contributed by atoms with Crippen LogP contribution in [-0.2, 0) is 22.6 Å². The number of nitrogens with two attached hydrogens (primary N) is 1. The fraction of sp³-hybridized carbons (Fsp3) is 0.700. The van der Waals surface area contributed by atoms with Gasteiger partial charge in [0, 0.05) is 26.7 Å². The summed E-state index contributed by atoms with van der Waals surface area (Å²) < 4.78 is 6.35. The number of nitrogens with zero attached hydrogens (tertiary/aromatic N) is 4. The Bertz CT molecular complexity index is 368. The van der Waals surface area contributed by atoms with Crippen molar-refractivity contribution in [3.8, 4) is 0 Å². The third kappa shape index (κ3) is 4.40. The van der Waals surface area contributed by atoms with Gasteiger partial charge in [0.25, 0.3) is 0 Å². The second-order valence-corrected chi connectivity index (χ2v) is 3.71. The lowest BCUT2D eigenvalue weighted by molar-refractivity contribution is -0.133. The van der Waals surface area contributed by atoms with Gasteiger partial charge in [0.2, 0.25) is 5.91 Å². The standard InChI is InChI=1S/C10H19N5O3/c1-18-5-3-14(2-4-16)10(17)8-15-7-9(6-11)12-13-15/h7,16H,2-6,8,11H2,1H3. The fourth-order valence-electron chi connectivity index (χ4n) is 1.43. The minimum atomic E-state index is -0.144. The molecule has 1 aromatic heterocycles. The molecule has 18 heavy (non-hydrogen) atoms. The number of aliphatic hydroxyl groups is 1. The highest BCUT2D eigenvalue weighted by Gasteiger charge is 2.14. The molecule has 0 spiro atoms. The highest BCUT2D eigenvalue weighted by Crippen LogP contribution is 1.96. The maximum atomic E-state index is 11.9. The molecule has 0 fully saturated rings. The van der Waals surface area contributed by atoms with Gasteiger partial charge in [-0.1, -0.05) is 5.21 Å². The molecule has 0 unspecified atom stereocenters. The average Bonchev–Trinajstić information content (AvgIpc) is 2.82. The first-order valence-corrected chi connectivity index (χ1v) is 5.68. The van der Waals surface area contributed by atoms with Gasteiger partial charge >= 0.3 is 0 Å². The normalized spacial score (nSPS) is 10.6. The smallest absolute Gasteiger partial charge is 0.244 e. The number of rotatable bonds is 8. The van der Waals surface area contributed by atoms with Crippen molar-refractivity contribution in [2.45, 2.75) is 13.1 Å². The molecule has 0 saturated carbocycles. The lowest BCUT2D eigenvalue weighted by Crippen LogP contribution is -2.38. The lowest BCUT2D eigenvalue weighted by atomic mass is 10.4. The van der Waals surface area contributed by atoms with Gasteiger partial charge in [-0.15, -0.1) is 5.10 Å². The summed E-state index contributed by atoms with van der Waals surface area (Å²) in [5.41, 5.74) is 6.04. The molecule has 1 heterocycles. The molecule has 0 aliphatic heterocycles. The molecule has 1 amide bonds. The summed E-state index contributed by atoms with van der Waals surface area (Å²) in [6, 6.07) is 0. The molecule has 8 nitrogen and oxygen atoms in total. The van der Waals surface area contributed by atoms with Crippen LogP contribution in [-0.4, -0.2) is 64.3 Å². The van der Waals surface area contributed by atoms with E-state index in [2.05, 4.69) is 10.3 Å². The topological polar surface area (TPSA) is 106 Å². The number of hydrogen-bond donors (Lipinski definition) is 2. The van der Waals surface area contributed by atoms with E-state index >= 15 is 0 Å². The summed E-state index contributed by atoms with van der Waals surface area (Å²) >= 11 is 0. The quantitative estimate of drug-likeness (QED) is 0.569. The number of aromatic nitrogens is 3. The van der Waals surface area contributed by atoms with E-state index in [-0.39, 0.29) is 32.1 Å². The summed E-state index contributed by atoms with van der Waals surface area (Å²) in [5, 5.41) is 16.5. The Morgan fingerprint density at radius 3 is 2.94 bits per heavy atom. The molecule has 1 rings (SSSR count). The molecule has 0 radical (unpaired) electrons. The third-order valence-electron chi connectivity index (χ3n) is 2.38. The van der Waals surface area contributed by atoms with Crippen molar-refractivity contribution < 1.29 is 14.6 Å². The average molecular weight is 257 g/mol. The number of carbonyl (C=O) groups excluding carboxylic acids is 1. The van der Waals surface area contributed by atoms with Crippen molar-refractivity contribution >= 4 is 5.91 Å². The van der Waals surface area contributed by atoms with Gasteiger partial charge in [0.15, 0.2) is 0 Å². The Labute approximate surface area is 105 Å². The van der Waals surface area contributed by atoms with Crippen LogP contribution in [0.2, 0.25) is 0 Å². The zero-order valence-corrected chi connectivity index (χ0v) is 10.4. The first-order valence-electron chi connectivity index (χ1n) is 5.68. The van der Waals surface area contributed by atoms with Crippen molar-refractivity contribution in [3.05, 3.63) is 11.9 Å². The van der Waals surface area contributed by atoms with Gasteiger partial charge in [-0.3, -0.25) is 4.79 Å². The molecule has 102 valence electrons. The SMILES string of the molecule is COCCN(CCO)C(=O)Cn1cc(CN)nn1. The van der Waals surface area contributed by atoms with Crippen molar-refractivity contribution in [1.82, 2.24) is 19.9 Å². The highest BCUT2D eigenvalue weighted by atomic mass is 16.5. The third-order valence-corrected chi connectivity index (χ3v) is 2.38. The largest absolute Gasteiger partial charge is 0.395 e. The van der Waals surface area contributed by atoms with E-state index in [1.165, 1.54) is 9.58 Å². The summed E-state index contributed by atoms with van der Waals surface area (Å²) in [6.45, 7) is 1.43. The van der Waals surface area contributed by atoms with Crippen molar-refractivity contribution in [2.24, 2.45) is 5.73 Å². The number of aliphatic hydroxyl groups excluding tert-OH is 1. The van der Waals surface area contributed by atoms with Gasteiger partial charge in [0.1, 0.15) is 6.54 Å². The van der Waals surface area contributed by atoms with Crippen LogP contribution in [0.25, 0.3) is 0 Å². The van der Waals surface area contributed by atoms with E-state index in [0.29, 0.717) is 18.8 Å². The number of methoxy groups -OCH3 is 1. The summed E-state index contributed by atoms with van der Waals surface area (Å²) in [6.07, 6.45) is 1.63. The molecule has 0 aromatic carbocycles. The van der Waals surface area contributed by atoms with Crippen LogP contribution in [0, 0.1) is 0 Å². The Kier molecular flexibility index (Phi) is 6.26. The van der Waals surface area contributed by atoms with Gasteiger partial charge in [-0.25, -0.2) is 4.68 Å². The molecule has 0 atom stereocenters. The van der Waals surface area contributed by atoms with Crippen molar-refractivity contribution in [1.29, 1.82) is 0 Å². The van der Waals surface area contributed by atoms with Crippen LogP contribution >= 0.6 is 0 Å². The van der Waals surface area contributed by atoms with Crippen LogP contribution < -0.4 is 5.73 Å². The van der Waals surface area contributed by atoms with E-state index in [1.54, 1.807) is 13.3 Å². The van der Waals surface area contributed by atoms with E-state index in [9.17, 15) is 4.79 Å². The summed E-state index contributed by atoms with van der Waals surface area (Å²) in [4.78, 5) is 13.5. The summed E-state index contributed by atoms with van der Waals surface area (Å²) in [7, 11) is 1.56. The Hall–Kier alpha value is -1.51. The zero-order valence-electron chi connectivity index (χ0n) is 10.4. The molecule has 8 heteroatoms. The molecular formula is C10H19N5O3. The van der Waals surface area contributed by atoms with Gasteiger partial charge < -0.3 is 20.5 Å². The monoisotopic (exact) mass is 257 g/mol. The Morgan fingerprint density at radius 1 is 1.61 bits per heavy atom. The van der Waals surface area contributed by atoms with Crippen molar-refractivity contribution in [2.75, 3.05) is 33.4 Å². The first kappa shape index (κ1) is 14.6. The van der Waals surface area contributed by atoms with E-state index < -0.39 is 0 Å². The maximum absolute atomic E-state index is 11.9. The van der Waals surface area contributed by atoms with Crippen LogP contribution in [0.5, 0.6) is 0 Å². The van der Waals surface area contributed by atoms with Gasteiger partial charge in [-0.05, 0) is 0 Å². The minimum absolute atomic E-state index is 0.0801. The van der Waals surface area contributed by atoms with Crippen LogP contribution in [0.4, 0.5) is 0 Å². The summed E-state index contributed by atoms with van der Waals surface area (Å²) in [5.74, 6) is -0.144. The number of ether oxygens (including phenoxy) is 1. The lowest BCUT2D eigenvalue weighted by Gasteiger charge is -2.21. The highest BCUT2D eigenvalue weighted by molar-refractivity contribution is 5.75. The van der Waals surface area contributed by atoms with Gasteiger partial charge in [-0.2, -0.15) is 0 Å². The maximum Gasteiger partial charge on any atom is 0.244 e. The predicted molar refractivity (Wildman–Crippen MR) is 63.5 cm³/mol. The Morgan fingerprint density at radius 2 is 2.39 bits per heavy atom. The molecule has 3 N–H and O–H groups in total. The minimum Gasteiger partial charge on any atom is -0.395 e. The number of amides is 1. The zero-order chi connectivity index (χ0) is 13.4. The first-order chi connectivity index (χ1) is 8.71. The molecule has 0 bridgehead atoms. The molecule has 0 aliphatic rings. The van der Waals surface area contributed by atoms with E-state index in [4.69, 9.17) is 15.6 Å². The molecule has 1 aromatic rings. The van der Waals surface area contributed by atoms with E-state index in [1.807, 2.05) is 0 Å². The van der Waals surface area contributed by atoms with Crippen molar-refractivity contribution in [3.63, 3.8) is 0 Å². The number of hydrogen-bond acceptors (Lipinski definition) is 6. The van der Waals surface area contributed by atoms with Crippen LogP contribution in [0.15, 0.2) is 6.20 Å².